The molecule has 0 bridgehead atoms. The molecule has 8 nitrogen and oxygen atoms in total. The number of anilines is 4. The molecule has 2 aromatic heterocycles. The van der Waals surface area contributed by atoms with Gasteiger partial charge >= 0.3 is 0 Å². The molecule has 4 N–H and O–H groups in total. The number of aromatic nitrogens is 4. The Morgan fingerprint density at radius 1 is 1.18 bits per heavy atom. The number of nitrogens with one attached hydrogen (secondary N) is 2. The third-order valence-electron chi connectivity index (χ3n) is 6.13. The zero-order valence-electron chi connectivity index (χ0n) is 16.1. The minimum Gasteiger partial charge on any atom is -0.382 e. The molecule has 2 aliphatic rings. The van der Waals surface area contributed by atoms with Crippen molar-refractivity contribution >= 4 is 34.2 Å². The molecule has 1 fully saturated rings. The van der Waals surface area contributed by atoms with E-state index in [9.17, 15) is 0 Å². The molecule has 1 aromatic carbocycles. The van der Waals surface area contributed by atoms with Crippen LogP contribution in [0.1, 0.15) is 19.8 Å². The average Bonchev–Trinajstić information content (AvgIpc) is 3.17. The van der Waals surface area contributed by atoms with E-state index in [-0.39, 0.29) is 5.41 Å². The number of fused-ring (bicyclic) bond motifs is 2. The van der Waals surface area contributed by atoms with Gasteiger partial charge in [-0.2, -0.15) is 5.10 Å². The number of piperidine rings is 1. The highest BCUT2D eigenvalue weighted by molar-refractivity contribution is 5.90. The maximum absolute atomic E-state index is 5.93. The summed E-state index contributed by atoms with van der Waals surface area (Å²) >= 11 is 0. The maximum Gasteiger partial charge on any atom is 0.183 e. The Balaban J connectivity index is 1.44. The number of H-pyrrole nitrogens is 1. The molecule has 3 aromatic rings. The quantitative estimate of drug-likeness (QED) is 0.644. The van der Waals surface area contributed by atoms with Crippen molar-refractivity contribution in [2.75, 3.05) is 47.8 Å². The number of aromatic amines is 1. The smallest absolute Gasteiger partial charge is 0.183 e. The molecule has 28 heavy (non-hydrogen) atoms. The topological polar surface area (TPSA) is 99.0 Å². The first kappa shape index (κ1) is 17.2. The monoisotopic (exact) mass is 378 g/mol. The molecule has 0 spiro atoms. The Hall–Kier alpha value is -2.87. The third kappa shape index (κ3) is 2.84. The number of nitrogens with two attached hydrogens (primary N) is 1. The Morgan fingerprint density at radius 2 is 2.00 bits per heavy atom. The average molecular weight is 378 g/mol. The molecule has 0 radical (unpaired) electrons. The lowest BCUT2D eigenvalue weighted by molar-refractivity contribution is 0.258. The van der Waals surface area contributed by atoms with Crippen molar-refractivity contribution in [3.63, 3.8) is 0 Å². The van der Waals surface area contributed by atoms with Crippen LogP contribution < -0.4 is 20.9 Å². The second kappa shape index (κ2) is 6.63. The standard InChI is InChI=1S/C20H26N8/c1-20(13-21)6-9-27(10-7-20)16-12-23-17-18(24-16)25-26-19(17)28-11-8-22-14-4-2-3-5-15(14)28/h2-5,12,22H,6-11,13,21H2,1H3,(H,24,25,26). The summed E-state index contributed by atoms with van der Waals surface area (Å²) in [7, 11) is 0. The van der Waals surface area contributed by atoms with Gasteiger partial charge in [0.05, 0.1) is 17.6 Å². The van der Waals surface area contributed by atoms with Crippen LogP contribution in [0.5, 0.6) is 0 Å². The summed E-state index contributed by atoms with van der Waals surface area (Å²) in [4.78, 5) is 14.0. The first-order valence-electron chi connectivity index (χ1n) is 9.93. The molecule has 0 amide bonds. The predicted octanol–water partition coefficient (Wildman–Crippen LogP) is 2.48. The van der Waals surface area contributed by atoms with E-state index >= 15 is 0 Å². The minimum absolute atomic E-state index is 0.241. The summed E-state index contributed by atoms with van der Waals surface area (Å²) in [5.41, 5.74) is 9.95. The van der Waals surface area contributed by atoms with E-state index < -0.39 is 0 Å². The van der Waals surface area contributed by atoms with Gasteiger partial charge in [-0.3, -0.25) is 5.10 Å². The van der Waals surface area contributed by atoms with Crippen LogP contribution in [0.25, 0.3) is 11.2 Å². The molecule has 0 aliphatic carbocycles. The first-order valence-corrected chi connectivity index (χ1v) is 9.93. The van der Waals surface area contributed by atoms with Gasteiger partial charge in [-0.25, -0.2) is 9.97 Å². The number of benzene rings is 1. The lowest BCUT2D eigenvalue weighted by Crippen LogP contribution is -2.42. The van der Waals surface area contributed by atoms with Crippen LogP contribution in [0, 0.1) is 5.41 Å². The van der Waals surface area contributed by atoms with Crippen molar-refractivity contribution in [2.45, 2.75) is 19.8 Å². The molecule has 0 saturated carbocycles. The fourth-order valence-electron chi connectivity index (χ4n) is 4.10. The van der Waals surface area contributed by atoms with Crippen LogP contribution in [0.4, 0.5) is 23.0 Å². The van der Waals surface area contributed by atoms with Crippen LogP contribution in [-0.4, -0.2) is 52.9 Å². The van der Waals surface area contributed by atoms with Gasteiger partial charge in [0.15, 0.2) is 17.0 Å². The highest BCUT2D eigenvalue weighted by Crippen LogP contribution is 2.36. The van der Waals surface area contributed by atoms with Crippen LogP contribution in [0.15, 0.2) is 30.5 Å². The van der Waals surface area contributed by atoms with E-state index in [1.165, 1.54) is 0 Å². The summed E-state index contributed by atoms with van der Waals surface area (Å²) in [5.74, 6) is 1.74. The van der Waals surface area contributed by atoms with E-state index in [4.69, 9.17) is 15.7 Å². The second-order valence-corrected chi connectivity index (χ2v) is 8.07. The Labute approximate surface area is 164 Å². The van der Waals surface area contributed by atoms with Crippen molar-refractivity contribution in [1.82, 2.24) is 20.2 Å². The van der Waals surface area contributed by atoms with Gasteiger partial charge in [0.25, 0.3) is 0 Å². The highest BCUT2D eigenvalue weighted by Gasteiger charge is 2.30. The summed E-state index contributed by atoms with van der Waals surface area (Å²) in [6, 6.07) is 8.28. The van der Waals surface area contributed by atoms with Gasteiger partial charge in [0.2, 0.25) is 0 Å². The number of hydrogen-bond donors (Lipinski definition) is 3. The van der Waals surface area contributed by atoms with Gasteiger partial charge in [-0.15, -0.1) is 0 Å². The van der Waals surface area contributed by atoms with Crippen LogP contribution >= 0.6 is 0 Å². The molecule has 8 heteroatoms. The molecule has 5 rings (SSSR count). The lowest BCUT2D eigenvalue weighted by atomic mass is 9.80. The third-order valence-corrected chi connectivity index (χ3v) is 6.13. The van der Waals surface area contributed by atoms with E-state index in [2.05, 4.69) is 44.4 Å². The first-order chi connectivity index (χ1) is 13.7. The zero-order chi connectivity index (χ0) is 19.1. The SMILES string of the molecule is CC1(CN)CCN(c2cnc3c(N4CCNc5ccccc54)n[nH]c3n2)CC1. The molecule has 0 unspecified atom stereocenters. The Kier molecular flexibility index (Phi) is 4.08. The summed E-state index contributed by atoms with van der Waals surface area (Å²) in [6.45, 7) is 6.63. The molecular weight excluding hydrogens is 352 g/mol. The Morgan fingerprint density at radius 3 is 2.82 bits per heavy atom. The van der Waals surface area contributed by atoms with Crippen molar-refractivity contribution in [1.29, 1.82) is 0 Å². The van der Waals surface area contributed by atoms with Gasteiger partial charge in [-0.1, -0.05) is 19.1 Å². The van der Waals surface area contributed by atoms with Crippen LogP contribution in [0.2, 0.25) is 0 Å². The molecular formula is C20H26N8. The predicted molar refractivity (Wildman–Crippen MR) is 112 cm³/mol. The van der Waals surface area contributed by atoms with E-state index in [0.29, 0.717) is 0 Å². The summed E-state index contributed by atoms with van der Waals surface area (Å²) in [5, 5.41) is 11.1. The summed E-state index contributed by atoms with van der Waals surface area (Å²) < 4.78 is 0. The number of para-hydroxylation sites is 2. The zero-order valence-corrected chi connectivity index (χ0v) is 16.1. The van der Waals surface area contributed by atoms with E-state index in [0.717, 1.165) is 79.7 Å². The van der Waals surface area contributed by atoms with Gasteiger partial charge < -0.3 is 20.9 Å². The number of hydrogen-bond acceptors (Lipinski definition) is 7. The van der Waals surface area contributed by atoms with Crippen molar-refractivity contribution in [3.05, 3.63) is 30.5 Å². The molecule has 2 aliphatic heterocycles. The fraction of sp³-hybridized carbons (Fsp3) is 0.450. The molecule has 146 valence electrons. The van der Waals surface area contributed by atoms with Gasteiger partial charge in [0.1, 0.15) is 5.82 Å². The maximum atomic E-state index is 5.93. The van der Waals surface area contributed by atoms with E-state index in [1.807, 2.05) is 18.3 Å². The number of rotatable bonds is 3. The normalized spacial score (nSPS) is 18.8. The minimum atomic E-state index is 0.241. The van der Waals surface area contributed by atoms with Crippen LogP contribution in [-0.2, 0) is 0 Å². The van der Waals surface area contributed by atoms with Crippen molar-refractivity contribution in [3.8, 4) is 0 Å². The fourth-order valence-corrected chi connectivity index (χ4v) is 4.10. The number of nitrogens with zero attached hydrogens (tertiary/aromatic N) is 5. The molecule has 1 saturated heterocycles. The second-order valence-electron chi connectivity index (χ2n) is 8.07. The van der Waals surface area contributed by atoms with Crippen LogP contribution in [0.3, 0.4) is 0 Å². The lowest BCUT2D eigenvalue weighted by Gasteiger charge is -2.39. The highest BCUT2D eigenvalue weighted by atomic mass is 15.3. The van der Waals surface area contributed by atoms with Gasteiger partial charge in [0, 0.05) is 26.2 Å². The Bertz CT molecular complexity index is 989. The molecule has 4 heterocycles. The van der Waals surface area contributed by atoms with Crippen molar-refractivity contribution in [2.24, 2.45) is 11.1 Å². The van der Waals surface area contributed by atoms with Gasteiger partial charge in [-0.05, 0) is 36.9 Å². The molecule has 0 atom stereocenters. The largest absolute Gasteiger partial charge is 0.382 e. The van der Waals surface area contributed by atoms with E-state index in [1.54, 1.807) is 0 Å². The summed E-state index contributed by atoms with van der Waals surface area (Å²) in [6.07, 6.45) is 4.03. The van der Waals surface area contributed by atoms with Crippen molar-refractivity contribution < 1.29 is 0 Å².